The molecule has 1 aromatic carbocycles. The minimum Gasteiger partial charge on any atom is -0.383 e. The summed E-state index contributed by atoms with van der Waals surface area (Å²) in [5, 5.41) is 10.9. The SMILES string of the molecule is CCNC(=NCc1nc(-c2cccc(Cl)c2)no1)NCCOC.I. The number of benzene rings is 1. The summed E-state index contributed by atoms with van der Waals surface area (Å²) < 4.78 is 10.2. The lowest BCUT2D eigenvalue weighted by Crippen LogP contribution is -2.38. The van der Waals surface area contributed by atoms with Gasteiger partial charge in [-0.15, -0.1) is 24.0 Å². The lowest BCUT2D eigenvalue weighted by molar-refractivity contribution is 0.203. The molecular formula is C15H21ClIN5O2. The second-order valence-electron chi connectivity index (χ2n) is 4.64. The molecule has 0 atom stereocenters. The Morgan fingerprint density at radius 1 is 1.38 bits per heavy atom. The molecule has 0 spiro atoms. The van der Waals surface area contributed by atoms with Gasteiger partial charge in [-0.3, -0.25) is 0 Å². The van der Waals surface area contributed by atoms with Crippen LogP contribution in [0.25, 0.3) is 11.4 Å². The fraction of sp³-hybridized carbons (Fsp3) is 0.400. The summed E-state index contributed by atoms with van der Waals surface area (Å²) in [5.74, 6) is 1.60. The lowest BCUT2D eigenvalue weighted by Gasteiger charge is -2.09. The summed E-state index contributed by atoms with van der Waals surface area (Å²) in [6, 6.07) is 7.30. The van der Waals surface area contributed by atoms with E-state index >= 15 is 0 Å². The molecule has 0 aliphatic rings. The first-order chi connectivity index (χ1) is 11.2. The predicted molar refractivity (Wildman–Crippen MR) is 105 cm³/mol. The second-order valence-corrected chi connectivity index (χ2v) is 5.07. The third-order valence-electron chi connectivity index (χ3n) is 2.87. The molecule has 0 fully saturated rings. The van der Waals surface area contributed by atoms with Crippen molar-refractivity contribution in [1.82, 2.24) is 20.8 Å². The molecular weight excluding hydrogens is 445 g/mol. The maximum Gasteiger partial charge on any atom is 0.248 e. The first kappa shape index (κ1) is 20.7. The highest BCUT2D eigenvalue weighted by molar-refractivity contribution is 14.0. The topological polar surface area (TPSA) is 84.6 Å². The van der Waals surface area contributed by atoms with Crippen LogP contribution in [0.3, 0.4) is 0 Å². The Morgan fingerprint density at radius 3 is 2.92 bits per heavy atom. The number of hydrogen-bond donors (Lipinski definition) is 2. The van der Waals surface area contributed by atoms with Crippen LogP contribution in [-0.2, 0) is 11.3 Å². The second kappa shape index (κ2) is 11.2. The van der Waals surface area contributed by atoms with Crippen molar-refractivity contribution in [3.63, 3.8) is 0 Å². The van der Waals surface area contributed by atoms with Gasteiger partial charge >= 0.3 is 0 Å². The summed E-state index contributed by atoms with van der Waals surface area (Å²) in [4.78, 5) is 8.72. The molecule has 9 heteroatoms. The predicted octanol–water partition coefficient (Wildman–Crippen LogP) is 2.71. The molecule has 2 rings (SSSR count). The van der Waals surface area contributed by atoms with Crippen LogP contribution >= 0.6 is 35.6 Å². The third kappa shape index (κ3) is 6.62. The van der Waals surface area contributed by atoms with Crippen LogP contribution in [0.1, 0.15) is 12.8 Å². The quantitative estimate of drug-likeness (QED) is 0.283. The lowest BCUT2D eigenvalue weighted by atomic mass is 10.2. The van der Waals surface area contributed by atoms with Crippen molar-refractivity contribution in [2.45, 2.75) is 13.5 Å². The number of rotatable bonds is 7. The third-order valence-corrected chi connectivity index (χ3v) is 3.10. The number of halogens is 2. The van der Waals surface area contributed by atoms with Gasteiger partial charge in [0.05, 0.1) is 6.61 Å². The summed E-state index contributed by atoms with van der Waals surface area (Å²) in [6.07, 6.45) is 0. The van der Waals surface area contributed by atoms with E-state index in [1.807, 2.05) is 19.1 Å². The van der Waals surface area contributed by atoms with Gasteiger partial charge < -0.3 is 19.9 Å². The summed E-state index contributed by atoms with van der Waals surface area (Å²) in [5.41, 5.74) is 0.807. The zero-order valence-corrected chi connectivity index (χ0v) is 16.7. The Morgan fingerprint density at radius 2 is 2.21 bits per heavy atom. The van der Waals surface area contributed by atoms with Crippen molar-refractivity contribution in [1.29, 1.82) is 0 Å². The molecule has 0 saturated carbocycles. The van der Waals surface area contributed by atoms with Gasteiger partial charge in [0.2, 0.25) is 11.7 Å². The molecule has 2 aromatic rings. The van der Waals surface area contributed by atoms with Gasteiger partial charge in [0.1, 0.15) is 6.54 Å². The van der Waals surface area contributed by atoms with Crippen LogP contribution < -0.4 is 10.6 Å². The number of nitrogens with zero attached hydrogens (tertiary/aromatic N) is 3. The molecule has 0 unspecified atom stereocenters. The number of aromatic nitrogens is 2. The molecule has 0 radical (unpaired) electrons. The summed E-state index contributed by atoms with van der Waals surface area (Å²) >= 11 is 5.96. The first-order valence-corrected chi connectivity index (χ1v) is 7.70. The van der Waals surface area contributed by atoms with Gasteiger partial charge in [0, 0.05) is 30.8 Å². The minimum atomic E-state index is 0. The number of ether oxygens (including phenoxy) is 1. The Labute approximate surface area is 163 Å². The average Bonchev–Trinajstić information content (AvgIpc) is 3.02. The van der Waals surface area contributed by atoms with Crippen molar-refractivity contribution in [3.05, 3.63) is 35.2 Å². The van der Waals surface area contributed by atoms with E-state index in [0.29, 0.717) is 35.8 Å². The van der Waals surface area contributed by atoms with Crippen LogP contribution in [0.4, 0.5) is 0 Å². The zero-order chi connectivity index (χ0) is 16.5. The van der Waals surface area contributed by atoms with E-state index in [-0.39, 0.29) is 30.5 Å². The maximum atomic E-state index is 5.96. The van der Waals surface area contributed by atoms with Gasteiger partial charge in [-0.05, 0) is 19.1 Å². The highest BCUT2D eigenvalue weighted by Crippen LogP contribution is 2.19. The van der Waals surface area contributed by atoms with E-state index < -0.39 is 0 Å². The molecule has 0 saturated heterocycles. The average molecular weight is 466 g/mol. The summed E-state index contributed by atoms with van der Waals surface area (Å²) in [6.45, 7) is 4.31. The van der Waals surface area contributed by atoms with Crippen molar-refractivity contribution in [2.24, 2.45) is 4.99 Å². The molecule has 0 aliphatic heterocycles. The zero-order valence-electron chi connectivity index (χ0n) is 13.6. The minimum absolute atomic E-state index is 0. The number of hydrogen-bond acceptors (Lipinski definition) is 5. The van der Waals surface area contributed by atoms with E-state index in [2.05, 4.69) is 25.8 Å². The van der Waals surface area contributed by atoms with Crippen LogP contribution in [0.15, 0.2) is 33.8 Å². The molecule has 0 amide bonds. The number of aliphatic imine (C=N–C) groups is 1. The van der Waals surface area contributed by atoms with Gasteiger partial charge in [-0.1, -0.05) is 28.9 Å². The Balaban J connectivity index is 0.00000288. The van der Waals surface area contributed by atoms with E-state index in [1.165, 1.54) is 0 Å². The highest BCUT2D eigenvalue weighted by Gasteiger charge is 2.09. The number of nitrogens with one attached hydrogen (secondary N) is 2. The van der Waals surface area contributed by atoms with E-state index in [0.717, 1.165) is 12.1 Å². The monoisotopic (exact) mass is 465 g/mol. The standard InChI is InChI=1S/C15H20ClN5O2.HI/c1-3-17-15(18-7-8-22-2)19-10-13-20-14(21-23-13)11-5-4-6-12(16)9-11;/h4-6,9H,3,7-8,10H2,1-2H3,(H2,17,18,19);1H. The van der Waals surface area contributed by atoms with Gasteiger partial charge in [-0.25, -0.2) is 4.99 Å². The fourth-order valence-corrected chi connectivity index (χ4v) is 2.01. The smallest absolute Gasteiger partial charge is 0.248 e. The number of guanidine groups is 1. The van der Waals surface area contributed by atoms with Gasteiger partial charge in [-0.2, -0.15) is 4.98 Å². The van der Waals surface area contributed by atoms with Crippen LogP contribution in [0, 0.1) is 0 Å². The van der Waals surface area contributed by atoms with E-state index in [1.54, 1.807) is 19.2 Å². The first-order valence-electron chi connectivity index (χ1n) is 7.32. The largest absolute Gasteiger partial charge is 0.383 e. The fourth-order valence-electron chi connectivity index (χ4n) is 1.82. The molecule has 0 bridgehead atoms. The molecule has 2 N–H and O–H groups in total. The maximum absolute atomic E-state index is 5.96. The van der Waals surface area contributed by atoms with Crippen molar-refractivity contribution < 1.29 is 9.26 Å². The molecule has 7 nitrogen and oxygen atoms in total. The molecule has 0 aliphatic carbocycles. The normalized spacial score (nSPS) is 11.0. The Kier molecular flexibility index (Phi) is 9.65. The highest BCUT2D eigenvalue weighted by atomic mass is 127. The van der Waals surface area contributed by atoms with Crippen molar-refractivity contribution >= 4 is 41.5 Å². The van der Waals surface area contributed by atoms with Crippen LogP contribution in [-0.4, -0.2) is 42.9 Å². The molecule has 1 heterocycles. The molecule has 1 aromatic heterocycles. The van der Waals surface area contributed by atoms with E-state index in [4.69, 9.17) is 20.9 Å². The van der Waals surface area contributed by atoms with Gasteiger partial charge in [0.25, 0.3) is 0 Å². The Bertz CT molecular complexity index is 650. The van der Waals surface area contributed by atoms with Crippen LogP contribution in [0.2, 0.25) is 5.02 Å². The molecule has 132 valence electrons. The van der Waals surface area contributed by atoms with E-state index in [9.17, 15) is 0 Å². The summed E-state index contributed by atoms with van der Waals surface area (Å²) in [7, 11) is 1.65. The van der Waals surface area contributed by atoms with Crippen LogP contribution in [0.5, 0.6) is 0 Å². The Hall–Kier alpha value is -1.39. The van der Waals surface area contributed by atoms with Crippen molar-refractivity contribution in [3.8, 4) is 11.4 Å². The van der Waals surface area contributed by atoms with Crippen molar-refractivity contribution in [2.75, 3.05) is 26.8 Å². The molecule has 24 heavy (non-hydrogen) atoms. The van der Waals surface area contributed by atoms with Gasteiger partial charge in [0.15, 0.2) is 5.96 Å². The number of methoxy groups -OCH3 is 1.